The molecule has 1 aliphatic rings. The van der Waals surface area contributed by atoms with E-state index in [0.29, 0.717) is 47.1 Å². The minimum Gasteiger partial charge on any atom is -0.497 e. The summed E-state index contributed by atoms with van der Waals surface area (Å²) in [6, 6.07) is 4.88. The molecule has 10 heteroatoms. The number of amides is 1. The van der Waals surface area contributed by atoms with Crippen molar-refractivity contribution in [2.45, 2.75) is 57.5 Å². The number of anilines is 1. The molecular weight excluding hydrogens is 432 g/mol. The molecule has 1 fully saturated rings. The Balaban J connectivity index is 1.67. The van der Waals surface area contributed by atoms with Gasteiger partial charge in [0.25, 0.3) is 5.91 Å². The first kappa shape index (κ1) is 24.2. The fourth-order valence-corrected chi connectivity index (χ4v) is 6.26. The predicted octanol–water partition coefficient (Wildman–Crippen LogP) is 2.73. The molecule has 1 atom stereocenters. The molecule has 1 saturated heterocycles. The van der Waals surface area contributed by atoms with Gasteiger partial charge in [0, 0.05) is 25.2 Å². The monoisotopic (exact) mass is 464 g/mol. The van der Waals surface area contributed by atoms with Crippen LogP contribution in [-0.4, -0.2) is 61.3 Å². The molecule has 176 valence electrons. The van der Waals surface area contributed by atoms with Crippen LogP contribution >= 0.6 is 0 Å². The molecule has 1 unspecified atom stereocenters. The van der Waals surface area contributed by atoms with E-state index in [0.717, 1.165) is 12.8 Å². The van der Waals surface area contributed by atoms with Crippen LogP contribution in [0.3, 0.4) is 0 Å². The first-order valence-corrected chi connectivity index (χ1v) is 12.3. The molecule has 1 aromatic carbocycles. The Morgan fingerprint density at radius 1 is 1.25 bits per heavy atom. The van der Waals surface area contributed by atoms with Crippen molar-refractivity contribution in [2.24, 2.45) is 0 Å². The van der Waals surface area contributed by atoms with Gasteiger partial charge in [-0.1, -0.05) is 6.42 Å². The van der Waals surface area contributed by atoms with E-state index in [4.69, 9.17) is 9.47 Å². The summed E-state index contributed by atoms with van der Waals surface area (Å²) in [5.74, 6) is 0.939. The van der Waals surface area contributed by atoms with Gasteiger partial charge in [0.15, 0.2) is 0 Å². The summed E-state index contributed by atoms with van der Waals surface area (Å²) in [6.07, 6.45) is 4.03. The molecule has 0 aliphatic carbocycles. The molecule has 1 aliphatic heterocycles. The molecule has 0 radical (unpaired) electrons. The summed E-state index contributed by atoms with van der Waals surface area (Å²) in [5.41, 5.74) is 1.30. The maximum atomic E-state index is 13.6. The average molecular weight is 465 g/mol. The van der Waals surface area contributed by atoms with Crippen molar-refractivity contribution < 1.29 is 22.7 Å². The molecule has 0 bridgehead atoms. The van der Waals surface area contributed by atoms with Crippen LogP contribution in [0.2, 0.25) is 0 Å². The third kappa shape index (κ3) is 5.31. The first-order chi connectivity index (χ1) is 15.3. The zero-order valence-electron chi connectivity index (χ0n) is 19.1. The topological polar surface area (TPSA) is 103 Å². The van der Waals surface area contributed by atoms with E-state index >= 15 is 0 Å². The van der Waals surface area contributed by atoms with Crippen LogP contribution in [0, 0.1) is 13.8 Å². The number of hydrogen-bond acceptors (Lipinski definition) is 6. The van der Waals surface area contributed by atoms with Crippen LogP contribution in [0.5, 0.6) is 5.75 Å². The lowest BCUT2D eigenvalue weighted by Crippen LogP contribution is -2.46. The standard InChI is InChI=1S/C22H32N4O5S/c1-5-25-20(9-10-23-25)24-21(27)15-31-14-18-8-6-7-11-26(18)32(28,29)22-16(2)12-19(30-4)13-17(22)3/h9-10,12-13,18H,5-8,11,14-15H2,1-4H3,(H,24,27). The number of hydrogen-bond donors (Lipinski definition) is 1. The number of sulfonamides is 1. The van der Waals surface area contributed by atoms with Crippen molar-refractivity contribution in [3.63, 3.8) is 0 Å². The summed E-state index contributed by atoms with van der Waals surface area (Å²) in [5, 5.41) is 6.88. The van der Waals surface area contributed by atoms with Crippen LogP contribution in [-0.2, 0) is 26.1 Å². The van der Waals surface area contributed by atoms with Gasteiger partial charge in [0.1, 0.15) is 18.2 Å². The van der Waals surface area contributed by atoms with Gasteiger partial charge in [-0.2, -0.15) is 9.40 Å². The molecule has 32 heavy (non-hydrogen) atoms. The number of ether oxygens (including phenoxy) is 2. The van der Waals surface area contributed by atoms with Gasteiger partial charge in [0.05, 0.1) is 24.8 Å². The van der Waals surface area contributed by atoms with Gasteiger partial charge in [-0.25, -0.2) is 13.1 Å². The largest absolute Gasteiger partial charge is 0.497 e. The SMILES string of the molecule is CCn1nccc1NC(=O)COCC1CCCCN1S(=O)(=O)c1c(C)cc(OC)cc1C. The first-order valence-electron chi connectivity index (χ1n) is 10.8. The van der Waals surface area contributed by atoms with Crippen LogP contribution in [0.15, 0.2) is 29.3 Å². The highest BCUT2D eigenvalue weighted by atomic mass is 32.2. The molecular formula is C22H32N4O5S. The van der Waals surface area contributed by atoms with Crippen molar-refractivity contribution in [2.75, 3.05) is 32.2 Å². The van der Waals surface area contributed by atoms with Gasteiger partial charge < -0.3 is 14.8 Å². The minimum atomic E-state index is -3.71. The van der Waals surface area contributed by atoms with Crippen molar-refractivity contribution in [3.05, 3.63) is 35.5 Å². The summed E-state index contributed by atoms with van der Waals surface area (Å²) in [4.78, 5) is 12.6. The third-order valence-corrected chi connectivity index (χ3v) is 7.89. The lowest BCUT2D eigenvalue weighted by molar-refractivity contribution is -0.121. The number of carbonyl (C=O) groups is 1. The summed E-state index contributed by atoms with van der Waals surface area (Å²) in [7, 11) is -2.15. The molecule has 0 saturated carbocycles. The number of aryl methyl sites for hydroxylation is 3. The average Bonchev–Trinajstić information content (AvgIpc) is 3.20. The second kappa shape index (κ2) is 10.5. The summed E-state index contributed by atoms with van der Waals surface area (Å²) >= 11 is 0. The van der Waals surface area contributed by atoms with E-state index in [1.807, 2.05) is 6.92 Å². The van der Waals surface area contributed by atoms with Crippen molar-refractivity contribution >= 4 is 21.7 Å². The Bertz CT molecular complexity index is 1030. The van der Waals surface area contributed by atoms with Gasteiger partial charge in [0.2, 0.25) is 10.0 Å². The number of piperidine rings is 1. The van der Waals surface area contributed by atoms with Crippen molar-refractivity contribution in [1.29, 1.82) is 0 Å². The Kier molecular flexibility index (Phi) is 7.91. The molecule has 2 aromatic rings. The van der Waals surface area contributed by atoms with E-state index in [2.05, 4.69) is 10.4 Å². The molecule has 9 nitrogen and oxygen atoms in total. The molecule has 3 rings (SSSR count). The quantitative estimate of drug-likeness (QED) is 0.612. The Morgan fingerprint density at radius 3 is 2.62 bits per heavy atom. The third-order valence-electron chi connectivity index (χ3n) is 5.64. The van der Waals surface area contributed by atoms with Gasteiger partial charge in [-0.15, -0.1) is 0 Å². The van der Waals surface area contributed by atoms with E-state index in [-0.39, 0.29) is 25.2 Å². The number of nitrogens with zero attached hydrogens (tertiary/aromatic N) is 3. The number of aromatic nitrogens is 2. The molecule has 1 N–H and O–H groups in total. The Hall–Kier alpha value is -2.43. The summed E-state index contributed by atoms with van der Waals surface area (Å²) in [6.45, 7) is 6.58. The zero-order chi connectivity index (χ0) is 23.3. The van der Waals surface area contributed by atoms with Crippen LogP contribution < -0.4 is 10.1 Å². The fraction of sp³-hybridized carbons (Fsp3) is 0.545. The zero-order valence-corrected chi connectivity index (χ0v) is 19.9. The number of carbonyl (C=O) groups excluding carboxylic acids is 1. The fourth-order valence-electron chi connectivity index (χ4n) is 4.17. The molecule has 1 amide bonds. The second-order valence-electron chi connectivity index (χ2n) is 7.95. The minimum absolute atomic E-state index is 0.153. The number of benzene rings is 1. The van der Waals surface area contributed by atoms with E-state index in [1.165, 1.54) is 4.31 Å². The lowest BCUT2D eigenvalue weighted by atomic mass is 10.1. The normalized spacial score (nSPS) is 17.3. The second-order valence-corrected chi connectivity index (χ2v) is 9.78. The molecule has 0 spiro atoms. The smallest absolute Gasteiger partial charge is 0.251 e. The number of nitrogens with one attached hydrogen (secondary N) is 1. The molecule has 1 aromatic heterocycles. The van der Waals surface area contributed by atoms with Gasteiger partial charge >= 0.3 is 0 Å². The van der Waals surface area contributed by atoms with E-state index < -0.39 is 10.0 Å². The maximum Gasteiger partial charge on any atom is 0.251 e. The highest BCUT2D eigenvalue weighted by molar-refractivity contribution is 7.89. The van der Waals surface area contributed by atoms with Crippen molar-refractivity contribution in [3.8, 4) is 5.75 Å². The number of rotatable bonds is 9. The highest BCUT2D eigenvalue weighted by Gasteiger charge is 2.35. The predicted molar refractivity (Wildman–Crippen MR) is 121 cm³/mol. The van der Waals surface area contributed by atoms with E-state index in [1.54, 1.807) is 50.0 Å². The highest BCUT2D eigenvalue weighted by Crippen LogP contribution is 2.31. The Morgan fingerprint density at radius 2 is 1.97 bits per heavy atom. The Labute approximate surface area is 189 Å². The van der Waals surface area contributed by atoms with Gasteiger partial charge in [-0.3, -0.25) is 4.79 Å². The molecule has 2 heterocycles. The van der Waals surface area contributed by atoms with Crippen LogP contribution in [0.25, 0.3) is 0 Å². The van der Waals surface area contributed by atoms with E-state index in [9.17, 15) is 13.2 Å². The maximum absolute atomic E-state index is 13.6. The van der Waals surface area contributed by atoms with Crippen LogP contribution in [0.1, 0.15) is 37.3 Å². The summed E-state index contributed by atoms with van der Waals surface area (Å²) < 4.78 is 41.2. The number of methoxy groups -OCH3 is 1. The van der Waals surface area contributed by atoms with Gasteiger partial charge in [-0.05, 0) is 56.9 Å². The lowest BCUT2D eigenvalue weighted by Gasteiger charge is -2.35. The van der Waals surface area contributed by atoms with Crippen LogP contribution in [0.4, 0.5) is 5.82 Å². The van der Waals surface area contributed by atoms with Crippen molar-refractivity contribution in [1.82, 2.24) is 14.1 Å².